The first-order valence-corrected chi connectivity index (χ1v) is 13.4. The molecule has 34 heavy (non-hydrogen) atoms. The van der Waals surface area contributed by atoms with Crippen molar-refractivity contribution in [1.29, 1.82) is 0 Å². The maximum absolute atomic E-state index is 13.1. The van der Waals surface area contributed by atoms with Crippen LogP contribution >= 0.6 is 11.8 Å². The van der Waals surface area contributed by atoms with E-state index in [1.807, 2.05) is 37.3 Å². The Morgan fingerprint density at radius 2 is 1.88 bits per heavy atom. The molecule has 1 aliphatic carbocycles. The molecule has 3 unspecified atom stereocenters. The van der Waals surface area contributed by atoms with E-state index in [0.29, 0.717) is 36.3 Å². The van der Waals surface area contributed by atoms with Crippen molar-refractivity contribution in [2.45, 2.75) is 76.0 Å². The molecule has 3 rings (SSSR count). The van der Waals surface area contributed by atoms with E-state index >= 15 is 0 Å². The topological polar surface area (TPSA) is 78.4 Å². The lowest BCUT2D eigenvalue weighted by Gasteiger charge is -2.36. The summed E-state index contributed by atoms with van der Waals surface area (Å²) in [5.74, 6) is 1.02. The molecule has 5 nitrogen and oxygen atoms in total. The number of aliphatic hydroxyl groups is 1. The average Bonchev–Trinajstić information content (AvgIpc) is 2.81. The highest BCUT2D eigenvalue weighted by Crippen LogP contribution is 2.36. The number of rotatable bonds is 10. The van der Waals surface area contributed by atoms with Crippen molar-refractivity contribution in [2.75, 3.05) is 5.75 Å². The second kappa shape index (κ2) is 12.6. The first-order valence-electron chi connectivity index (χ1n) is 12.4. The molecule has 0 heterocycles. The van der Waals surface area contributed by atoms with Gasteiger partial charge in [-0.15, -0.1) is 11.8 Å². The highest BCUT2D eigenvalue weighted by atomic mass is 32.2. The third-order valence-electron chi connectivity index (χ3n) is 7.17. The van der Waals surface area contributed by atoms with Gasteiger partial charge in [-0.3, -0.25) is 9.59 Å². The van der Waals surface area contributed by atoms with Crippen LogP contribution in [0.3, 0.4) is 0 Å². The van der Waals surface area contributed by atoms with Crippen LogP contribution in [-0.2, 0) is 4.79 Å². The second-order valence-electron chi connectivity index (χ2n) is 9.86. The third-order valence-corrected chi connectivity index (χ3v) is 8.26. The minimum atomic E-state index is -0.788. The summed E-state index contributed by atoms with van der Waals surface area (Å²) in [4.78, 5) is 25.7. The van der Waals surface area contributed by atoms with Crippen LogP contribution < -0.4 is 10.6 Å². The molecular formula is C27H39BN2O3S. The van der Waals surface area contributed by atoms with Gasteiger partial charge in [0.2, 0.25) is 13.8 Å². The van der Waals surface area contributed by atoms with E-state index < -0.39 is 18.0 Å². The molecule has 1 aliphatic rings. The van der Waals surface area contributed by atoms with Gasteiger partial charge in [0.05, 0.1) is 12.1 Å². The third kappa shape index (κ3) is 7.51. The summed E-state index contributed by atoms with van der Waals surface area (Å²) in [5.41, 5.74) is 0. The van der Waals surface area contributed by atoms with Crippen LogP contribution in [0.1, 0.15) is 54.3 Å². The predicted molar refractivity (Wildman–Crippen MR) is 143 cm³/mol. The number of hydrogen-bond donors (Lipinski definition) is 3. The molecule has 3 N–H and O–H groups in total. The summed E-state index contributed by atoms with van der Waals surface area (Å²) in [6.45, 7) is 6.50. The van der Waals surface area contributed by atoms with Gasteiger partial charge in [-0.1, -0.05) is 63.9 Å². The molecule has 2 aromatic rings. The Labute approximate surface area is 210 Å². The van der Waals surface area contributed by atoms with E-state index in [1.165, 1.54) is 24.6 Å². The smallest absolute Gasteiger partial charge is 0.243 e. The van der Waals surface area contributed by atoms with Gasteiger partial charge in [0.15, 0.2) is 5.81 Å². The lowest BCUT2D eigenvalue weighted by atomic mass is 9.73. The summed E-state index contributed by atoms with van der Waals surface area (Å²) < 4.78 is 0. The number of hydrogen-bond acceptors (Lipinski definition) is 4. The number of nitrogens with one attached hydrogen (secondary N) is 2. The zero-order valence-corrected chi connectivity index (χ0v) is 21.3. The van der Waals surface area contributed by atoms with Gasteiger partial charge < -0.3 is 15.7 Å². The van der Waals surface area contributed by atoms with Gasteiger partial charge >= 0.3 is 0 Å². The fraction of sp³-hybridized carbons (Fsp3) is 0.556. The molecule has 0 aromatic heterocycles. The number of aliphatic hydroxyl groups excluding tert-OH is 1. The van der Waals surface area contributed by atoms with Crippen LogP contribution in [0.5, 0.6) is 0 Å². The standard InChI is InChI=1S/C27H37BN2O3S.H2/c1-4-23(25(31)15-21-13-17(2)9-10-18(21)3)29-26(32)24(30-27(28)33)16-34-22-12-11-19-7-5-6-8-20(19)14-22;/h5-8,11-12,14,17-18,21,23-25,31H,4,9-10,13,15-16H2,1-3H3,(H,29,32)(H,30,33);1H/t17?,18?,21?,23-,24+,25+;/m0./s1. The van der Waals surface area contributed by atoms with Crippen molar-refractivity contribution >= 4 is 42.1 Å². The monoisotopic (exact) mass is 482 g/mol. The first-order chi connectivity index (χ1) is 16.3. The number of amides is 2. The Morgan fingerprint density at radius 3 is 2.59 bits per heavy atom. The largest absolute Gasteiger partial charge is 0.391 e. The maximum atomic E-state index is 13.1. The van der Waals surface area contributed by atoms with Crippen LogP contribution in [0.2, 0.25) is 0 Å². The molecule has 1 saturated carbocycles. The second-order valence-corrected chi connectivity index (χ2v) is 11.0. The van der Waals surface area contributed by atoms with Gasteiger partial charge in [0, 0.05) is 12.1 Å². The molecule has 1 fully saturated rings. The molecule has 184 valence electrons. The summed E-state index contributed by atoms with van der Waals surface area (Å²) in [6, 6.07) is 13.1. The molecule has 7 heteroatoms. The van der Waals surface area contributed by atoms with Crippen molar-refractivity contribution in [3.8, 4) is 0 Å². The summed E-state index contributed by atoms with van der Waals surface area (Å²) in [5, 5.41) is 18.8. The number of carbonyl (C=O) groups is 2. The zero-order chi connectivity index (χ0) is 24.7. The van der Waals surface area contributed by atoms with E-state index in [-0.39, 0.29) is 13.4 Å². The van der Waals surface area contributed by atoms with Crippen LogP contribution in [0.4, 0.5) is 4.79 Å². The Hall–Kier alpha value is -1.99. The molecule has 0 aliphatic heterocycles. The van der Waals surface area contributed by atoms with Crippen LogP contribution in [0.15, 0.2) is 47.4 Å². The highest BCUT2D eigenvalue weighted by Gasteiger charge is 2.31. The Morgan fingerprint density at radius 1 is 1.15 bits per heavy atom. The fourth-order valence-electron chi connectivity index (χ4n) is 5.00. The molecule has 2 amide bonds. The SMILES string of the molecule is [B]C(=O)N[C@H](CSc1ccc2ccccc2c1)C(=O)N[C@@H](CC)[C@H](O)CC1CC(C)CCC1C.[HH]. The van der Waals surface area contributed by atoms with E-state index in [4.69, 9.17) is 7.85 Å². The minimum absolute atomic E-state index is 0. The van der Waals surface area contributed by atoms with Gasteiger partial charge in [-0.2, -0.15) is 0 Å². The van der Waals surface area contributed by atoms with Gasteiger partial charge in [-0.25, -0.2) is 0 Å². The molecule has 2 radical (unpaired) electrons. The van der Waals surface area contributed by atoms with E-state index in [2.05, 4.69) is 36.6 Å². The average molecular weight is 482 g/mol. The number of benzene rings is 2. The first kappa shape index (κ1) is 26.6. The molecular weight excluding hydrogens is 443 g/mol. The quantitative estimate of drug-likeness (QED) is 0.324. The van der Waals surface area contributed by atoms with Crippen molar-refractivity contribution < 1.29 is 16.1 Å². The van der Waals surface area contributed by atoms with Gasteiger partial charge in [-0.05, 0) is 59.9 Å². The van der Waals surface area contributed by atoms with Crippen molar-refractivity contribution in [3.63, 3.8) is 0 Å². The van der Waals surface area contributed by atoms with Crippen molar-refractivity contribution in [1.82, 2.24) is 10.6 Å². The van der Waals surface area contributed by atoms with Crippen LogP contribution in [0.25, 0.3) is 10.8 Å². The van der Waals surface area contributed by atoms with Crippen molar-refractivity contribution in [3.05, 3.63) is 42.5 Å². The lowest BCUT2D eigenvalue weighted by Crippen LogP contribution is -2.53. The Balaban J connectivity index is 0.00000432. The lowest BCUT2D eigenvalue weighted by molar-refractivity contribution is -0.124. The van der Waals surface area contributed by atoms with E-state index in [0.717, 1.165) is 22.1 Å². The van der Waals surface area contributed by atoms with Crippen LogP contribution in [0, 0.1) is 17.8 Å². The van der Waals surface area contributed by atoms with Crippen LogP contribution in [-0.4, -0.2) is 48.6 Å². The highest BCUT2D eigenvalue weighted by molar-refractivity contribution is 7.99. The Bertz CT molecular complexity index is 978. The van der Waals surface area contributed by atoms with Gasteiger partial charge in [0.1, 0.15) is 6.04 Å². The molecule has 0 saturated heterocycles. The number of thioether (sulfide) groups is 1. The van der Waals surface area contributed by atoms with Gasteiger partial charge in [0.25, 0.3) is 0 Å². The fourth-order valence-corrected chi connectivity index (χ4v) is 5.97. The summed E-state index contributed by atoms with van der Waals surface area (Å²) >= 11 is 1.49. The summed E-state index contributed by atoms with van der Waals surface area (Å²) in [6.07, 6.45) is 4.25. The van der Waals surface area contributed by atoms with Crippen molar-refractivity contribution in [2.24, 2.45) is 17.8 Å². The predicted octanol–water partition coefficient (Wildman–Crippen LogP) is 5.14. The van der Waals surface area contributed by atoms with E-state index in [1.54, 1.807) is 0 Å². The van der Waals surface area contributed by atoms with E-state index in [9.17, 15) is 14.7 Å². The minimum Gasteiger partial charge on any atom is -0.391 e. The zero-order valence-electron chi connectivity index (χ0n) is 20.5. The number of carbonyl (C=O) groups excluding carboxylic acids is 2. The summed E-state index contributed by atoms with van der Waals surface area (Å²) in [7, 11) is 5.36. The number of fused-ring (bicyclic) bond motifs is 1. The molecule has 0 spiro atoms. The normalized spacial score (nSPS) is 23.1. The molecule has 0 bridgehead atoms. The molecule has 6 atom stereocenters. The maximum Gasteiger partial charge on any atom is 0.243 e. The Kier molecular flexibility index (Phi) is 9.90. The molecule has 2 aromatic carbocycles.